The Morgan fingerprint density at radius 1 is 1.35 bits per heavy atom. The van der Waals surface area contributed by atoms with Gasteiger partial charge in [-0.05, 0) is 23.8 Å². The fraction of sp³-hybridized carbons (Fsp3) is 0.0667. The largest absolute Gasteiger partial charge is 0.478 e. The first-order valence-corrected chi connectivity index (χ1v) is 5.97. The number of rotatable bonds is 8. The Bertz CT molecular complexity index is 531. The van der Waals surface area contributed by atoms with Crippen molar-refractivity contribution in [3.8, 4) is 0 Å². The molecule has 20 heavy (non-hydrogen) atoms. The van der Waals surface area contributed by atoms with Crippen LogP contribution in [0.15, 0.2) is 60.8 Å². The molecule has 0 atom stereocenters. The number of carboxylic acids is 1. The van der Waals surface area contributed by atoms with Crippen LogP contribution in [0.1, 0.15) is 5.56 Å². The number of allylic oxidation sites excluding steroid dienone is 3. The summed E-state index contributed by atoms with van der Waals surface area (Å²) in [6.07, 6.45) is 7.10. The molecule has 1 rings (SSSR count). The minimum Gasteiger partial charge on any atom is -0.478 e. The third kappa shape index (κ3) is 5.68. The molecule has 0 heterocycles. The van der Waals surface area contributed by atoms with Crippen LogP contribution < -0.4 is 10.6 Å². The lowest BCUT2D eigenvalue weighted by atomic mass is 10.2. The number of anilines is 1. The molecule has 0 saturated carbocycles. The zero-order valence-corrected chi connectivity index (χ0v) is 11.0. The van der Waals surface area contributed by atoms with Crippen molar-refractivity contribution < 1.29 is 9.90 Å². The molecule has 0 bridgehead atoms. The van der Waals surface area contributed by atoms with Crippen LogP contribution in [-0.2, 0) is 11.3 Å². The van der Waals surface area contributed by atoms with E-state index in [4.69, 9.17) is 10.5 Å². The van der Waals surface area contributed by atoms with Crippen molar-refractivity contribution in [3.05, 3.63) is 66.4 Å². The van der Waals surface area contributed by atoms with Crippen molar-refractivity contribution in [3.63, 3.8) is 0 Å². The zero-order valence-electron chi connectivity index (χ0n) is 11.0. The van der Waals surface area contributed by atoms with E-state index < -0.39 is 5.97 Å². The topological polar surface area (TPSA) is 85.2 Å². The molecule has 1 aromatic rings. The number of aliphatic carboxylic acids is 1. The number of carboxylic acid groups (broad SMARTS) is 1. The first-order valence-electron chi connectivity index (χ1n) is 5.97. The maximum Gasteiger partial charge on any atom is 0.330 e. The minimum atomic E-state index is -1.01. The first-order chi connectivity index (χ1) is 9.65. The van der Waals surface area contributed by atoms with Crippen LogP contribution in [0.2, 0.25) is 0 Å². The molecule has 0 unspecified atom stereocenters. The van der Waals surface area contributed by atoms with Gasteiger partial charge in [0.05, 0.1) is 6.34 Å². The van der Waals surface area contributed by atoms with Crippen LogP contribution in [0.3, 0.4) is 0 Å². The maximum atomic E-state index is 10.7. The highest BCUT2D eigenvalue weighted by atomic mass is 16.4. The molecular formula is C15H17N3O2. The lowest BCUT2D eigenvalue weighted by Gasteiger charge is -2.08. The van der Waals surface area contributed by atoms with E-state index in [9.17, 15) is 4.79 Å². The second-order valence-corrected chi connectivity index (χ2v) is 3.87. The summed E-state index contributed by atoms with van der Waals surface area (Å²) < 4.78 is 0. The van der Waals surface area contributed by atoms with Gasteiger partial charge in [0, 0.05) is 24.0 Å². The van der Waals surface area contributed by atoms with Gasteiger partial charge in [-0.15, -0.1) is 0 Å². The van der Waals surface area contributed by atoms with Crippen molar-refractivity contribution in [1.82, 2.24) is 5.32 Å². The van der Waals surface area contributed by atoms with E-state index in [1.54, 1.807) is 18.2 Å². The Morgan fingerprint density at radius 3 is 2.60 bits per heavy atom. The molecule has 0 aliphatic heterocycles. The van der Waals surface area contributed by atoms with Crippen LogP contribution in [0, 0.1) is 5.41 Å². The van der Waals surface area contributed by atoms with E-state index in [0.717, 1.165) is 23.7 Å². The van der Waals surface area contributed by atoms with E-state index in [-0.39, 0.29) is 0 Å². The smallest absolute Gasteiger partial charge is 0.330 e. The Balaban J connectivity index is 2.67. The van der Waals surface area contributed by atoms with Gasteiger partial charge in [0.15, 0.2) is 0 Å². The molecule has 104 valence electrons. The van der Waals surface area contributed by atoms with Crippen LogP contribution in [0.25, 0.3) is 0 Å². The summed E-state index contributed by atoms with van der Waals surface area (Å²) in [4.78, 5) is 10.7. The SMILES string of the molecule is C=C/C=C\C(=C\C(=O)O)NCc1ccc(NC=N)cc1. The van der Waals surface area contributed by atoms with Crippen LogP contribution in [0.5, 0.6) is 0 Å². The van der Waals surface area contributed by atoms with E-state index in [1.807, 2.05) is 24.3 Å². The predicted molar refractivity (Wildman–Crippen MR) is 80.7 cm³/mol. The Morgan fingerprint density at radius 2 is 2.05 bits per heavy atom. The van der Waals surface area contributed by atoms with E-state index in [2.05, 4.69) is 17.2 Å². The van der Waals surface area contributed by atoms with Crippen molar-refractivity contribution in [2.24, 2.45) is 0 Å². The highest BCUT2D eigenvalue weighted by Gasteiger charge is 1.98. The molecule has 0 aromatic heterocycles. The fourth-order valence-electron chi connectivity index (χ4n) is 1.47. The molecule has 0 aliphatic carbocycles. The summed E-state index contributed by atoms with van der Waals surface area (Å²) in [5.41, 5.74) is 2.33. The third-order valence-corrected chi connectivity index (χ3v) is 2.38. The second kappa shape index (κ2) is 8.31. The molecule has 0 aliphatic rings. The molecule has 0 amide bonds. The fourth-order valence-corrected chi connectivity index (χ4v) is 1.47. The molecule has 5 heteroatoms. The molecule has 4 N–H and O–H groups in total. The van der Waals surface area contributed by atoms with Gasteiger partial charge in [0.1, 0.15) is 0 Å². The zero-order chi connectivity index (χ0) is 14.8. The van der Waals surface area contributed by atoms with Crippen molar-refractivity contribution >= 4 is 18.0 Å². The summed E-state index contributed by atoms with van der Waals surface area (Å²) in [5, 5.41) is 21.5. The molecule has 0 radical (unpaired) electrons. The standard InChI is InChI=1S/C15H17N3O2/c1-2-3-4-14(9-15(19)20)17-10-12-5-7-13(8-6-12)18-11-16/h2-9,11,17H,1,10H2,(H2,16,18)(H,19,20)/b4-3-,14-9-. The van der Waals surface area contributed by atoms with Gasteiger partial charge in [-0.3, -0.25) is 5.41 Å². The summed E-state index contributed by atoms with van der Waals surface area (Å²) in [6.45, 7) is 4.05. The Labute approximate surface area is 117 Å². The van der Waals surface area contributed by atoms with E-state index in [0.29, 0.717) is 12.2 Å². The summed E-state index contributed by atoms with van der Waals surface area (Å²) in [6, 6.07) is 7.49. The van der Waals surface area contributed by atoms with Crippen LogP contribution >= 0.6 is 0 Å². The molecule has 0 saturated heterocycles. The maximum absolute atomic E-state index is 10.7. The van der Waals surface area contributed by atoms with Crippen molar-refractivity contribution in [2.75, 3.05) is 5.32 Å². The third-order valence-electron chi connectivity index (χ3n) is 2.38. The number of carbonyl (C=O) groups is 1. The van der Waals surface area contributed by atoms with Crippen LogP contribution in [-0.4, -0.2) is 17.4 Å². The summed E-state index contributed by atoms with van der Waals surface area (Å²) in [7, 11) is 0. The minimum absolute atomic E-state index is 0.499. The van der Waals surface area contributed by atoms with Crippen molar-refractivity contribution in [2.45, 2.75) is 6.54 Å². The average molecular weight is 271 g/mol. The summed E-state index contributed by atoms with van der Waals surface area (Å²) in [5.74, 6) is -1.01. The molecule has 5 nitrogen and oxygen atoms in total. The van der Waals surface area contributed by atoms with Gasteiger partial charge in [-0.1, -0.05) is 30.9 Å². The van der Waals surface area contributed by atoms with Crippen LogP contribution in [0.4, 0.5) is 5.69 Å². The normalized spacial score (nSPS) is 11.1. The lowest BCUT2D eigenvalue weighted by Crippen LogP contribution is -2.12. The van der Waals surface area contributed by atoms with Gasteiger partial charge >= 0.3 is 5.97 Å². The number of hydrogen-bond acceptors (Lipinski definition) is 3. The molecule has 0 spiro atoms. The first kappa shape index (κ1) is 15.2. The van der Waals surface area contributed by atoms with E-state index in [1.165, 1.54) is 0 Å². The second-order valence-electron chi connectivity index (χ2n) is 3.87. The highest BCUT2D eigenvalue weighted by molar-refractivity contribution is 5.81. The van der Waals surface area contributed by atoms with Gasteiger partial charge in [-0.2, -0.15) is 0 Å². The number of hydrogen-bond donors (Lipinski definition) is 4. The van der Waals surface area contributed by atoms with Gasteiger partial charge in [0.25, 0.3) is 0 Å². The average Bonchev–Trinajstić information content (AvgIpc) is 2.43. The van der Waals surface area contributed by atoms with Gasteiger partial charge in [0.2, 0.25) is 0 Å². The predicted octanol–water partition coefficient (Wildman–Crippen LogP) is 2.51. The Hall–Kier alpha value is -2.82. The monoisotopic (exact) mass is 271 g/mol. The number of benzene rings is 1. The van der Waals surface area contributed by atoms with E-state index >= 15 is 0 Å². The number of nitrogens with one attached hydrogen (secondary N) is 3. The molecule has 1 aromatic carbocycles. The van der Waals surface area contributed by atoms with Gasteiger partial charge < -0.3 is 15.7 Å². The highest BCUT2D eigenvalue weighted by Crippen LogP contribution is 2.09. The van der Waals surface area contributed by atoms with Gasteiger partial charge in [-0.25, -0.2) is 4.79 Å². The van der Waals surface area contributed by atoms with Crippen molar-refractivity contribution in [1.29, 1.82) is 5.41 Å². The molecular weight excluding hydrogens is 254 g/mol. The quantitative estimate of drug-likeness (QED) is 0.253. The Kier molecular flexibility index (Phi) is 6.33. The molecule has 0 fully saturated rings. The lowest BCUT2D eigenvalue weighted by molar-refractivity contribution is -0.131. The summed E-state index contributed by atoms with van der Waals surface area (Å²) >= 11 is 0.